The van der Waals surface area contributed by atoms with Crippen LogP contribution in [0.25, 0.3) is 0 Å². The normalized spacial score (nSPS) is 23.9. The van der Waals surface area contributed by atoms with Crippen molar-refractivity contribution in [3.8, 4) is 5.75 Å². The van der Waals surface area contributed by atoms with Gasteiger partial charge in [0.05, 0.1) is 13.2 Å². The van der Waals surface area contributed by atoms with Crippen LogP contribution in [0.2, 0.25) is 0 Å². The number of aliphatic hydroxyl groups is 1. The Kier molecular flexibility index (Phi) is 3.80. The predicted molar refractivity (Wildman–Crippen MR) is 63.7 cm³/mol. The van der Waals surface area contributed by atoms with Crippen molar-refractivity contribution in [2.24, 2.45) is 0 Å². The van der Waals surface area contributed by atoms with Gasteiger partial charge in [-0.1, -0.05) is 12.1 Å². The van der Waals surface area contributed by atoms with Crippen molar-refractivity contribution < 1.29 is 9.84 Å². The summed E-state index contributed by atoms with van der Waals surface area (Å²) in [7, 11) is 1.68. The summed E-state index contributed by atoms with van der Waals surface area (Å²) in [6.45, 7) is 0.976. The van der Waals surface area contributed by atoms with E-state index in [1.54, 1.807) is 7.11 Å². The second-order valence-corrected chi connectivity index (χ2v) is 4.37. The molecule has 88 valence electrons. The topological polar surface area (TPSA) is 41.5 Å². The molecule has 0 amide bonds. The second kappa shape index (κ2) is 5.32. The van der Waals surface area contributed by atoms with Gasteiger partial charge in [-0.3, -0.25) is 0 Å². The summed E-state index contributed by atoms with van der Waals surface area (Å²) in [5.74, 6) is 0.902. The SMILES string of the molecule is COc1ccc(CCNC2CC(O)C2)cc1. The number of benzene rings is 1. The van der Waals surface area contributed by atoms with E-state index in [2.05, 4.69) is 17.4 Å². The largest absolute Gasteiger partial charge is 0.497 e. The molecule has 1 aliphatic carbocycles. The fourth-order valence-electron chi connectivity index (χ4n) is 1.97. The van der Waals surface area contributed by atoms with Crippen molar-refractivity contribution in [3.05, 3.63) is 29.8 Å². The van der Waals surface area contributed by atoms with E-state index in [4.69, 9.17) is 9.84 Å². The van der Waals surface area contributed by atoms with E-state index in [-0.39, 0.29) is 6.10 Å². The van der Waals surface area contributed by atoms with E-state index in [0.29, 0.717) is 6.04 Å². The van der Waals surface area contributed by atoms with Crippen molar-refractivity contribution in [2.45, 2.75) is 31.4 Å². The van der Waals surface area contributed by atoms with Crippen molar-refractivity contribution in [2.75, 3.05) is 13.7 Å². The van der Waals surface area contributed by atoms with Crippen LogP contribution in [0.4, 0.5) is 0 Å². The molecule has 1 saturated carbocycles. The van der Waals surface area contributed by atoms with Crippen molar-refractivity contribution >= 4 is 0 Å². The maximum absolute atomic E-state index is 9.14. The van der Waals surface area contributed by atoms with Crippen LogP contribution in [-0.2, 0) is 6.42 Å². The first-order valence-corrected chi connectivity index (χ1v) is 5.82. The minimum Gasteiger partial charge on any atom is -0.497 e. The monoisotopic (exact) mass is 221 g/mol. The molecule has 0 bridgehead atoms. The zero-order valence-electron chi connectivity index (χ0n) is 9.65. The van der Waals surface area contributed by atoms with Crippen LogP contribution in [-0.4, -0.2) is 30.9 Å². The molecule has 0 unspecified atom stereocenters. The molecule has 0 atom stereocenters. The first-order valence-electron chi connectivity index (χ1n) is 5.82. The number of nitrogens with one attached hydrogen (secondary N) is 1. The molecule has 1 aromatic rings. The van der Waals surface area contributed by atoms with Crippen molar-refractivity contribution in [1.82, 2.24) is 5.32 Å². The summed E-state index contributed by atoms with van der Waals surface area (Å²) in [5.41, 5.74) is 1.31. The molecular weight excluding hydrogens is 202 g/mol. The van der Waals surface area contributed by atoms with E-state index in [9.17, 15) is 0 Å². The number of hydrogen-bond donors (Lipinski definition) is 2. The van der Waals surface area contributed by atoms with Gasteiger partial charge in [0.15, 0.2) is 0 Å². The Morgan fingerprint density at radius 3 is 2.56 bits per heavy atom. The van der Waals surface area contributed by atoms with E-state index in [0.717, 1.165) is 31.6 Å². The highest BCUT2D eigenvalue weighted by Gasteiger charge is 2.25. The Labute approximate surface area is 96.4 Å². The summed E-state index contributed by atoms with van der Waals surface area (Å²) in [4.78, 5) is 0. The third-order valence-electron chi connectivity index (χ3n) is 3.12. The molecule has 1 aromatic carbocycles. The van der Waals surface area contributed by atoms with Crippen LogP contribution in [0.5, 0.6) is 5.75 Å². The van der Waals surface area contributed by atoms with E-state index in [1.165, 1.54) is 5.56 Å². The number of aliphatic hydroxyl groups excluding tert-OH is 1. The summed E-state index contributed by atoms with van der Waals surface area (Å²) in [5, 5.41) is 12.6. The minimum absolute atomic E-state index is 0.0708. The van der Waals surface area contributed by atoms with Crippen molar-refractivity contribution in [1.29, 1.82) is 0 Å². The molecule has 1 aliphatic rings. The molecular formula is C13H19NO2. The highest BCUT2D eigenvalue weighted by molar-refractivity contribution is 5.27. The van der Waals surface area contributed by atoms with Gasteiger partial charge in [0.25, 0.3) is 0 Å². The van der Waals surface area contributed by atoms with Crippen LogP contribution >= 0.6 is 0 Å². The Hall–Kier alpha value is -1.06. The Morgan fingerprint density at radius 2 is 2.00 bits per heavy atom. The van der Waals surface area contributed by atoms with E-state index < -0.39 is 0 Å². The van der Waals surface area contributed by atoms with Gasteiger partial charge in [-0.2, -0.15) is 0 Å². The third-order valence-corrected chi connectivity index (χ3v) is 3.12. The quantitative estimate of drug-likeness (QED) is 0.788. The van der Waals surface area contributed by atoms with Gasteiger partial charge in [0, 0.05) is 6.04 Å². The number of hydrogen-bond acceptors (Lipinski definition) is 3. The molecule has 0 saturated heterocycles. The first kappa shape index (κ1) is 11.4. The number of rotatable bonds is 5. The van der Waals surface area contributed by atoms with Gasteiger partial charge >= 0.3 is 0 Å². The maximum atomic E-state index is 9.14. The fraction of sp³-hybridized carbons (Fsp3) is 0.538. The van der Waals surface area contributed by atoms with Crippen LogP contribution in [0.1, 0.15) is 18.4 Å². The molecule has 0 heterocycles. The molecule has 16 heavy (non-hydrogen) atoms. The van der Waals surface area contributed by atoms with Crippen molar-refractivity contribution in [3.63, 3.8) is 0 Å². The minimum atomic E-state index is -0.0708. The average molecular weight is 221 g/mol. The van der Waals surface area contributed by atoms with Gasteiger partial charge in [-0.15, -0.1) is 0 Å². The number of ether oxygens (including phenoxy) is 1. The molecule has 2 rings (SSSR count). The third kappa shape index (κ3) is 2.97. The Morgan fingerprint density at radius 1 is 1.31 bits per heavy atom. The van der Waals surface area contributed by atoms with Gasteiger partial charge in [0.1, 0.15) is 5.75 Å². The van der Waals surface area contributed by atoms with Crippen LogP contribution in [0, 0.1) is 0 Å². The van der Waals surface area contributed by atoms with Gasteiger partial charge in [-0.05, 0) is 43.5 Å². The molecule has 3 heteroatoms. The Balaban J connectivity index is 1.68. The molecule has 0 spiro atoms. The van der Waals surface area contributed by atoms with Gasteiger partial charge < -0.3 is 15.2 Å². The van der Waals surface area contributed by atoms with E-state index in [1.807, 2.05) is 12.1 Å². The molecule has 1 fully saturated rings. The Bertz CT molecular complexity index is 317. The van der Waals surface area contributed by atoms with Gasteiger partial charge in [-0.25, -0.2) is 0 Å². The number of methoxy groups -OCH3 is 1. The summed E-state index contributed by atoms with van der Waals surface area (Å²) in [6.07, 6.45) is 2.76. The van der Waals surface area contributed by atoms with Crippen LogP contribution in [0.15, 0.2) is 24.3 Å². The lowest BCUT2D eigenvalue weighted by molar-refractivity contribution is 0.0629. The highest BCUT2D eigenvalue weighted by atomic mass is 16.5. The lowest BCUT2D eigenvalue weighted by atomic mass is 9.89. The lowest BCUT2D eigenvalue weighted by Gasteiger charge is -2.32. The first-order chi connectivity index (χ1) is 7.78. The molecule has 0 aromatic heterocycles. The van der Waals surface area contributed by atoms with Gasteiger partial charge in [0.2, 0.25) is 0 Å². The molecule has 3 nitrogen and oxygen atoms in total. The zero-order chi connectivity index (χ0) is 11.4. The summed E-state index contributed by atoms with van der Waals surface area (Å²) in [6, 6.07) is 8.69. The van der Waals surface area contributed by atoms with Crippen LogP contribution < -0.4 is 10.1 Å². The average Bonchev–Trinajstić information content (AvgIpc) is 2.27. The maximum Gasteiger partial charge on any atom is 0.118 e. The zero-order valence-corrected chi connectivity index (χ0v) is 9.65. The van der Waals surface area contributed by atoms with E-state index >= 15 is 0 Å². The molecule has 2 N–H and O–H groups in total. The van der Waals surface area contributed by atoms with Crippen LogP contribution in [0.3, 0.4) is 0 Å². The molecule has 0 radical (unpaired) electrons. The summed E-state index contributed by atoms with van der Waals surface area (Å²) >= 11 is 0. The standard InChI is InChI=1S/C13H19NO2/c1-16-13-4-2-10(3-5-13)6-7-14-11-8-12(15)9-11/h2-5,11-12,14-15H,6-9H2,1H3. The second-order valence-electron chi connectivity index (χ2n) is 4.37. The predicted octanol–water partition coefficient (Wildman–Crippen LogP) is 1.35. The lowest BCUT2D eigenvalue weighted by Crippen LogP contribution is -2.44. The highest BCUT2D eigenvalue weighted by Crippen LogP contribution is 2.19. The fourth-order valence-corrected chi connectivity index (χ4v) is 1.97. The smallest absolute Gasteiger partial charge is 0.118 e. The summed E-state index contributed by atoms with van der Waals surface area (Å²) < 4.78 is 5.11. The molecule has 0 aliphatic heterocycles.